The number of hydrogen-bond acceptors (Lipinski definition) is 4. The van der Waals surface area contributed by atoms with Gasteiger partial charge in [-0.15, -0.1) is 0 Å². The number of primary sulfonamides is 1. The Morgan fingerprint density at radius 3 is 2.41 bits per heavy atom. The lowest BCUT2D eigenvalue weighted by molar-refractivity contribution is 0.233. The maximum Gasteiger partial charge on any atom is 0.315 e. The third-order valence-electron chi connectivity index (χ3n) is 4.25. The van der Waals surface area contributed by atoms with Gasteiger partial charge in [0.05, 0.1) is 17.0 Å². The molecule has 0 aliphatic heterocycles. The van der Waals surface area contributed by atoms with E-state index in [9.17, 15) is 13.2 Å². The lowest BCUT2D eigenvalue weighted by atomic mass is 10.1. The first kappa shape index (κ1) is 18.9. The number of carbonyl (C=O) groups excluding carboxylic acids is 1. The highest BCUT2D eigenvalue weighted by Gasteiger charge is 2.17. The molecule has 4 N–H and O–H groups in total. The van der Waals surface area contributed by atoms with E-state index >= 15 is 0 Å². The quantitative estimate of drug-likeness (QED) is 0.623. The Kier molecular flexibility index (Phi) is 5.20. The van der Waals surface area contributed by atoms with Gasteiger partial charge >= 0.3 is 6.03 Å². The predicted octanol–water partition coefficient (Wildman–Crippen LogP) is 3.20. The first-order chi connectivity index (χ1) is 12.7. The summed E-state index contributed by atoms with van der Waals surface area (Å²) >= 11 is 0. The van der Waals surface area contributed by atoms with Crippen molar-refractivity contribution in [1.29, 1.82) is 0 Å². The van der Waals surface area contributed by atoms with E-state index in [1.54, 1.807) is 19.1 Å². The largest absolute Gasteiger partial charge is 0.459 e. The summed E-state index contributed by atoms with van der Waals surface area (Å²) in [4.78, 5) is 12.3. The molecule has 142 valence electrons. The fraction of sp³-hybridized carbons (Fsp3) is 0.211. The lowest BCUT2D eigenvalue weighted by Gasteiger charge is -2.18. The Morgan fingerprint density at radius 2 is 1.70 bits per heavy atom. The Labute approximate surface area is 157 Å². The minimum Gasteiger partial charge on any atom is -0.459 e. The number of fused-ring (bicyclic) bond motifs is 1. The molecule has 1 heterocycles. The van der Waals surface area contributed by atoms with Crippen molar-refractivity contribution in [2.45, 2.75) is 30.8 Å². The molecule has 7 nitrogen and oxygen atoms in total. The molecule has 1 aromatic heterocycles. The molecule has 3 aromatic rings. The lowest BCUT2D eigenvalue weighted by Crippen LogP contribution is -2.38. The van der Waals surface area contributed by atoms with Crippen LogP contribution in [-0.4, -0.2) is 14.4 Å². The average Bonchev–Trinajstić information content (AvgIpc) is 3.05. The van der Waals surface area contributed by atoms with Gasteiger partial charge < -0.3 is 15.1 Å². The summed E-state index contributed by atoms with van der Waals surface area (Å²) in [7, 11) is -3.80. The maximum atomic E-state index is 12.3. The van der Waals surface area contributed by atoms with Crippen LogP contribution in [0.5, 0.6) is 0 Å². The van der Waals surface area contributed by atoms with Crippen molar-refractivity contribution >= 4 is 27.0 Å². The van der Waals surface area contributed by atoms with Gasteiger partial charge in [0.1, 0.15) is 11.3 Å². The Balaban J connectivity index is 1.66. The topological polar surface area (TPSA) is 114 Å². The standard InChI is InChI=1S/C19H21N3O4S/c1-12(14-7-5-8-16(10-14)27(20,24)25)21-19(23)22-13(2)18-11-15-6-3-4-9-17(15)26-18/h3-13H,1-2H3,(H2,20,24,25)(H2,21,22,23). The molecule has 2 amide bonds. The molecule has 0 aliphatic rings. The van der Waals surface area contributed by atoms with Crippen molar-refractivity contribution in [2.24, 2.45) is 5.14 Å². The summed E-state index contributed by atoms with van der Waals surface area (Å²) in [6.07, 6.45) is 0. The summed E-state index contributed by atoms with van der Waals surface area (Å²) in [6.45, 7) is 3.58. The molecule has 2 aromatic carbocycles. The first-order valence-electron chi connectivity index (χ1n) is 8.42. The van der Waals surface area contributed by atoms with Gasteiger partial charge in [0.2, 0.25) is 10.0 Å². The summed E-state index contributed by atoms with van der Waals surface area (Å²) < 4.78 is 28.7. The number of nitrogens with two attached hydrogens (primary N) is 1. The minimum atomic E-state index is -3.80. The number of benzene rings is 2. The van der Waals surface area contributed by atoms with Gasteiger partial charge in [-0.05, 0) is 43.7 Å². The second kappa shape index (κ2) is 7.42. The fourth-order valence-electron chi connectivity index (χ4n) is 2.77. The summed E-state index contributed by atoms with van der Waals surface area (Å²) in [5, 5.41) is 11.7. The van der Waals surface area contributed by atoms with Gasteiger partial charge in [-0.1, -0.05) is 30.3 Å². The van der Waals surface area contributed by atoms with E-state index in [1.807, 2.05) is 37.3 Å². The summed E-state index contributed by atoms with van der Waals surface area (Å²) in [5.41, 5.74) is 1.39. The van der Waals surface area contributed by atoms with Crippen molar-refractivity contribution in [3.05, 3.63) is 65.9 Å². The zero-order valence-electron chi connectivity index (χ0n) is 15.0. The number of furan rings is 1. The molecule has 3 rings (SSSR count). The number of urea groups is 1. The fourth-order valence-corrected chi connectivity index (χ4v) is 3.33. The van der Waals surface area contributed by atoms with Crippen molar-refractivity contribution in [3.8, 4) is 0 Å². The highest BCUT2D eigenvalue weighted by atomic mass is 32.2. The predicted molar refractivity (Wildman–Crippen MR) is 103 cm³/mol. The molecular formula is C19H21N3O4S. The summed E-state index contributed by atoms with van der Waals surface area (Å²) in [5.74, 6) is 0.648. The van der Waals surface area contributed by atoms with Crippen LogP contribution in [0.3, 0.4) is 0 Å². The van der Waals surface area contributed by atoms with Crippen LogP contribution in [-0.2, 0) is 10.0 Å². The van der Waals surface area contributed by atoms with Gasteiger partial charge in [0, 0.05) is 5.39 Å². The number of nitrogens with one attached hydrogen (secondary N) is 2. The molecule has 0 bridgehead atoms. The molecule has 0 aliphatic carbocycles. The monoisotopic (exact) mass is 387 g/mol. The third kappa shape index (κ3) is 4.47. The van der Waals surface area contributed by atoms with Crippen LogP contribution in [0.15, 0.2) is 63.9 Å². The normalized spacial score (nSPS) is 13.9. The first-order valence-corrected chi connectivity index (χ1v) is 9.97. The molecule has 0 saturated heterocycles. The molecular weight excluding hydrogens is 366 g/mol. The van der Waals surface area contributed by atoms with Gasteiger partial charge in [0.25, 0.3) is 0 Å². The van der Waals surface area contributed by atoms with Crippen LogP contribution >= 0.6 is 0 Å². The van der Waals surface area contributed by atoms with E-state index in [0.29, 0.717) is 11.3 Å². The Bertz CT molecular complexity index is 1040. The molecule has 0 saturated carbocycles. The molecule has 0 radical (unpaired) electrons. The average molecular weight is 387 g/mol. The van der Waals surface area contributed by atoms with Crippen LogP contribution < -0.4 is 15.8 Å². The number of carbonyl (C=O) groups is 1. The van der Waals surface area contributed by atoms with Crippen molar-refractivity contribution < 1.29 is 17.6 Å². The molecule has 27 heavy (non-hydrogen) atoms. The van der Waals surface area contributed by atoms with Crippen LogP contribution in [0.4, 0.5) is 4.79 Å². The van der Waals surface area contributed by atoms with E-state index in [1.165, 1.54) is 12.1 Å². The van der Waals surface area contributed by atoms with E-state index in [2.05, 4.69) is 10.6 Å². The highest BCUT2D eigenvalue weighted by Crippen LogP contribution is 2.23. The van der Waals surface area contributed by atoms with E-state index in [0.717, 1.165) is 11.0 Å². The Hall–Kier alpha value is -2.84. The van der Waals surface area contributed by atoms with Crippen LogP contribution in [0.2, 0.25) is 0 Å². The second-order valence-electron chi connectivity index (χ2n) is 6.37. The van der Waals surface area contributed by atoms with Crippen LogP contribution in [0, 0.1) is 0 Å². The van der Waals surface area contributed by atoms with E-state index in [-0.39, 0.29) is 10.9 Å². The van der Waals surface area contributed by atoms with Crippen LogP contribution in [0.1, 0.15) is 37.3 Å². The minimum absolute atomic E-state index is 0.00435. The zero-order valence-corrected chi connectivity index (χ0v) is 15.8. The molecule has 0 fully saturated rings. The van der Waals surface area contributed by atoms with Crippen molar-refractivity contribution in [2.75, 3.05) is 0 Å². The summed E-state index contributed by atoms with van der Waals surface area (Å²) in [6, 6.07) is 14.5. The molecule has 2 unspecified atom stereocenters. The highest BCUT2D eigenvalue weighted by molar-refractivity contribution is 7.89. The van der Waals surface area contributed by atoms with Gasteiger partial charge in [-0.3, -0.25) is 0 Å². The number of para-hydroxylation sites is 1. The number of amides is 2. The molecule has 2 atom stereocenters. The number of rotatable bonds is 5. The molecule has 8 heteroatoms. The van der Waals surface area contributed by atoms with E-state index in [4.69, 9.17) is 9.56 Å². The maximum absolute atomic E-state index is 12.3. The smallest absolute Gasteiger partial charge is 0.315 e. The van der Waals surface area contributed by atoms with E-state index < -0.39 is 22.1 Å². The van der Waals surface area contributed by atoms with Gasteiger partial charge in [0.15, 0.2) is 0 Å². The van der Waals surface area contributed by atoms with Crippen LogP contribution in [0.25, 0.3) is 11.0 Å². The molecule has 0 spiro atoms. The van der Waals surface area contributed by atoms with Crippen molar-refractivity contribution in [1.82, 2.24) is 10.6 Å². The zero-order chi connectivity index (χ0) is 19.6. The second-order valence-corrected chi connectivity index (χ2v) is 7.93. The SMILES string of the molecule is CC(NC(=O)NC(C)c1cc2ccccc2o1)c1cccc(S(N)(=O)=O)c1. The number of hydrogen-bond donors (Lipinski definition) is 3. The van der Waals surface area contributed by atoms with Crippen molar-refractivity contribution in [3.63, 3.8) is 0 Å². The third-order valence-corrected chi connectivity index (χ3v) is 5.16. The number of sulfonamides is 1. The van der Waals surface area contributed by atoms with Gasteiger partial charge in [-0.2, -0.15) is 0 Å². The van der Waals surface area contributed by atoms with Gasteiger partial charge in [-0.25, -0.2) is 18.4 Å². The Morgan fingerprint density at radius 1 is 1.00 bits per heavy atom.